The van der Waals surface area contributed by atoms with E-state index in [1.54, 1.807) is 11.3 Å². The Balaban J connectivity index is 0.00000261. The number of carbonyl (C=O) groups excluding carboxylic acids is 1. The van der Waals surface area contributed by atoms with Gasteiger partial charge < -0.3 is 15.5 Å². The smallest absolute Gasteiger partial charge is 0.248 e. The van der Waals surface area contributed by atoms with Crippen molar-refractivity contribution in [2.75, 3.05) is 24.5 Å². The fourth-order valence-electron chi connectivity index (χ4n) is 2.95. The highest BCUT2D eigenvalue weighted by molar-refractivity contribution is 14.0. The molecule has 1 amide bonds. The lowest BCUT2D eigenvalue weighted by molar-refractivity contribution is -0.117. The van der Waals surface area contributed by atoms with Gasteiger partial charge in [-0.2, -0.15) is 0 Å². The number of guanidine groups is 1. The quantitative estimate of drug-likeness (QED) is 0.377. The molecule has 8 heteroatoms. The molecule has 0 saturated heterocycles. The highest BCUT2D eigenvalue weighted by Crippen LogP contribution is 2.27. The molecule has 0 aliphatic carbocycles. The number of thiazole rings is 1. The number of benzene rings is 1. The third-order valence-corrected chi connectivity index (χ3v) is 5.46. The molecule has 6 nitrogen and oxygen atoms in total. The minimum atomic E-state index is 0. The summed E-state index contributed by atoms with van der Waals surface area (Å²) in [6.45, 7) is 8.29. The number of nitrogens with one attached hydrogen (secondary N) is 2. The van der Waals surface area contributed by atoms with Crippen LogP contribution in [0.5, 0.6) is 0 Å². The Kier molecular flexibility index (Phi) is 8.03. The van der Waals surface area contributed by atoms with Crippen LogP contribution in [0, 0.1) is 13.8 Å². The van der Waals surface area contributed by atoms with Gasteiger partial charge in [-0.25, -0.2) is 9.98 Å². The van der Waals surface area contributed by atoms with E-state index in [2.05, 4.69) is 33.6 Å². The molecule has 0 saturated carbocycles. The maximum Gasteiger partial charge on any atom is 0.248 e. The van der Waals surface area contributed by atoms with Crippen molar-refractivity contribution in [3.63, 3.8) is 0 Å². The van der Waals surface area contributed by atoms with Crippen molar-refractivity contribution in [2.24, 2.45) is 4.99 Å². The molecule has 146 valence electrons. The van der Waals surface area contributed by atoms with E-state index >= 15 is 0 Å². The minimum absolute atomic E-state index is 0. The Labute approximate surface area is 181 Å². The first-order valence-corrected chi connectivity index (χ1v) is 9.73. The number of hydrogen-bond acceptors (Lipinski definition) is 4. The van der Waals surface area contributed by atoms with Gasteiger partial charge in [0.1, 0.15) is 11.6 Å². The molecule has 2 aromatic rings. The fraction of sp³-hybridized carbons (Fsp3) is 0.421. The van der Waals surface area contributed by atoms with Crippen LogP contribution in [0.4, 0.5) is 5.69 Å². The van der Waals surface area contributed by atoms with Gasteiger partial charge in [0.25, 0.3) is 0 Å². The number of fused-ring (bicyclic) bond motifs is 1. The molecule has 0 radical (unpaired) electrons. The number of aliphatic imine (C=N–C) groups is 1. The second-order valence-electron chi connectivity index (χ2n) is 6.22. The summed E-state index contributed by atoms with van der Waals surface area (Å²) in [5.74, 6) is 0.659. The molecule has 2 N–H and O–H groups in total. The SMILES string of the molecule is CCNC(=NCC(=O)N1CCc2ccccc21)NCc1nc(C)c(C)s1.I. The van der Waals surface area contributed by atoms with Crippen LogP contribution in [0.25, 0.3) is 0 Å². The van der Waals surface area contributed by atoms with E-state index < -0.39 is 0 Å². The normalized spacial score (nSPS) is 13.1. The van der Waals surface area contributed by atoms with E-state index in [1.165, 1.54) is 10.4 Å². The maximum atomic E-state index is 12.6. The van der Waals surface area contributed by atoms with Crippen molar-refractivity contribution in [3.8, 4) is 0 Å². The Morgan fingerprint density at radius 2 is 2.07 bits per heavy atom. The minimum Gasteiger partial charge on any atom is -0.357 e. The van der Waals surface area contributed by atoms with Gasteiger partial charge in [0, 0.05) is 23.7 Å². The predicted octanol–water partition coefficient (Wildman–Crippen LogP) is 3.02. The van der Waals surface area contributed by atoms with Gasteiger partial charge in [0.15, 0.2) is 5.96 Å². The molecule has 0 atom stereocenters. The maximum absolute atomic E-state index is 12.6. The molecule has 1 aromatic carbocycles. The zero-order chi connectivity index (χ0) is 18.5. The lowest BCUT2D eigenvalue weighted by Crippen LogP contribution is -2.38. The van der Waals surface area contributed by atoms with Gasteiger partial charge in [0.05, 0.1) is 12.2 Å². The van der Waals surface area contributed by atoms with Crippen LogP contribution in [0.1, 0.15) is 28.1 Å². The second-order valence-corrected chi connectivity index (χ2v) is 7.51. The second kappa shape index (κ2) is 10.0. The van der Waals surface area contributed by atoms with Crippen LogP contribution in [-0.2, 0) is 17.8 Å². The van der Waals surface area contributed by atoms with Crippen molar-refractivity contribution in [1.29, 1.82) is 0 Å². The third kappa shape index (κ3) is 5.41. The zero-order valence-electron chi connectivity index (χ0n) is 15.9. The van der Waals surface area contributed by atoms with Crippen LogP contribution in [0.3, 0.4) is 0 Å². The van der Waals surface area contributed by atoms with Crippen LogP contribution in [-0.4, -0.2) is 36.5 Å². The number of nitrogens with zero attached hydrogens (tertiary/aromatic N) is 3. The molecular formula is C19H26IN5OS. The molecule has 3 rings (SSSR count). The Morgan fingerprint density at radius 3 is 2.78 bits per heavy atom. The number of para-hydroxylation sites is 1. The van der Waals surface area contributed by atoms with Gasteiger partial charge >= 0.3 is 0 Å². The van der Waals surface area contributed by atoms with E-state index in [1.807, 2.05) is 36.9 Å². The molecule has 2 heterocycles. The number of anilines is 1. The van der Waals surface area contributed by atoms with Crippen LogP contribution < -0.4 is 15.5 Å². The Hall–Kier alpha value is -1.68. The summed E-state index contributed by atoms with van der Waals surface area (Å²) in [5, 5.41) is 7.46. The summed E-state index contributed by atoms with van der Waals surface area (Å²) < 4.78 is 0. The third-order valence-electron chi connectivity index (χ3n) is 4.38. The standard InChI is InChI=1S/C19H25N5OS.HI/c1-4-20-19(21-11-17-23-13(2)14(3)26-17)22-12-18(25)24-10-9-15-7-5-6-8-16(15)24;/h5-8H,4,9-12H2,1-3H3,(H2,20,21,22);1H. The Bertz CT molecular complexity index is 801. The van der Waals surface area contributed by atoms with Crippen molar-refractivity contribution >= 4 is 52.9 Å². The van der Waals surface area contributed by atoms with Crippen LogP contribution in [0.2, 0.25) is 0 Å². The molecule has 1 aromatic heterocycles. The summed E-state index contributed by atoms with van der Waals surface area (Å²) in [4.78, 5) is 24.6. The number of aromatic nitrogens is 1. The summed E-state index contributed by atoms with van der Waals surface area (Å²) in [5.41, 5.74) is 3.31. The van der Waals surface area contributed by atoms with Crippen molar-refractivity contribution in [3.05, 3.63) is 45.4 Å². The van der Waals surface area contributed by atoms with E-state index in [-0.39, 0.29) is 36.4 Å². The predicted molar refractivity (Wildman–Crippen MR) is 122 cm³/mol. The number of aryl methyl sites for hydroxylation is 2. The number of hydrogen-bond donors (Lipinski definition) is 2. The lowest BCUT2D eigenvalue weighted by Gasteiger charge is -2.16. The van der Waals surface area contributed by atoms with E-state index in [0.717, 1.165) is 35.9 Å². The van der Waals surface area contributed by atoms with Gasteiger partial charge in [-0.15, -0.1) is 35.3 Å². The fourth-order valence-corrected chi connectivity index (χ4v) is 3.82. The topological polar surface area (TPSA) is 69.6 Å². The van der Waals surface area contributed by atoms with E-state index in [9.17, 15) is 4.79 Å². The summed E-state index contributed by atoms with van der Waals surface area (Å²) in [6, 6.07) is 8.06. The van der Waals surface area contributed by atoms with Crippen LogP contribution >= 0.6 is 35.3 Å². The lowest BCUT2D eigenvalue weighted by atomic mass is 10.2. The summed E-state index contributed by atoms with van der Waals surface area (Å²) >= 11 is 1.68. The van der Waals surface area contributed by atoms with Gasteiger partial charge in [-0.1, -0.05) is 18.2 Å². The molecule has 0 bridgehead atoms. The van der Waals surface area contributed by atoms with Gasteiger partial charge in [-0.05, 0) is 38.8 Å². The van der Waals surface area contributed by atoms with Crippen molar-refractivity contribution < 1.29 is 4.79 Å². The average Bonchev–Trinajstić information content (AvgIpc) is 3.20. The van der Waals surface area contributed by atoms with E-state index in [4.69, 9.17) is 0 Å². The first kappa shape index (κ1) is 21.6. The molecule has 0 unspecified atom stereocenters. The molecule has 0 spiro atoms. The number of carbonyl (C=O) groups is 1. The van der Waals surface area contributed by atoms with Crippen molar-refractivity contribution in [1.82, 2.24) is 15.6 Å². The molecule has 1 aliphatic rings. The van der Waals surface area contributed by atoms with Crippen molar-refractivity contribution in [2.45, 2.75) is 33.7 Å². The zero-order valence-corrected chi connectivity index (χ0v) is 19.1. The number of amides is 1. The monoisotopic (exact) mass is 499 g/mol. The largest absolute Gasteiger partial charge is 0.357 e. The van der Waals surface area contributed by atoms with Crippen LogP contribution in [0.15, 0.2) is 29.3 Å². The first-order valence-electron chi connectivity index (χ1n) is 8.92. The summed E-state index contributed by atoms with van der Waals surface area (Å²) in [7, 11) is 0. The highest BCUT2D eigenvalue weighted by atomic mass is 127. The van der Waals surface area contributed by atoms with E-state index in [0.29, 0.717) is 12.5 Å². The summed E-state index contributed by atoms with van der Waals surface area (Å²) in [6.07, 6.45) is 0.909. The molecular weight excluding hydrogens is 473 g/mol. The van der Waals surface area contributed by atoms with Gasteiger partial charge in [0.2, 0.25) is 5.91 Å². The molecule has 27 heavy (non-hydrogen) atoms. The number of rotatable bonds is 5. The number of halogens is 1. The first-order chi connectivity index (χ1) is 12.6. The molecule has 0 fully saturated rings. The average molecular weight is 499 g/mol. The van der Waals surface area contributed by atoms with Gasteiger partial charge in [-0.3, -0.25) is 4.79 Å². The molecule has 1 aliphatic heterocycles. The highest BCUT2D eigenvalue weighted by Gasteiger charge is 2.23. The Morgan fingerprint density at radius 1 is 1.30 bits per heavy atom.